The van der Waals surface area contributed by atoms with Gasteiger partial charge >= 0.3 is 57.4 Å². The number of rotatable bonds is 3. The molecule has 0 atom stereocenters. The molecule has 15 heavy (non-hydrogen) atoms. The van der Waals surface area contributed by atoms with Crippen LogP contribution in [0.15, 0.2) is 30.7 Å². The second kappa shape index (κ2) is 5.62. The van der Waals surface area contributed by atoms with Crippen LogP contribution in [0, 0.1) is 0 Å². The van der Waals surface area contributed by atoms with E-state index in [1.165, 1.54) is 12.4 Å². The van der Waals surface area contributed by atoms with Gasteiger partial charge in [-0.05, 0) is 12.1 Å². The second-order valence-corrected chi connectivity index (χ2v) is 2.93. The van der Waals surface area contributed by atoms with E-state index < -0.39 is 5.97 Å². The summed E-state index contributed by atoms with van der Waals surface area (Å²) in [5.74, 6) is -0.956. The van der Waals surface area contributed by atoms with Crippen molar-refractivity contribution in [1.82, 2.24) is 14.8 Å². The number of aromatic carboxylic acids is 1. The van der Waals surface area contributed by atoms with Crippen molar-refractivity contribution < 1.29 is 9.90 Å². The van der Waals surface area contributed by atoms with Gasteiger partial charge in [-0.25, -0.2) is 4.79 Å². The van der Waals surface area contributed by atoms with Crippen molar-refractivity contribution in [3.63, 3.8) is 0 Å². The van der Waals surface area contributed by atoms with Gasteiger partial charge in [-0.2, -0.15) is 5.10 Å². The van der Waals surface area contributed by atoms with Crippen molar-refractivity contribution in [2.75, 3.05) is 0 Å². The summed E-state index contributed by atoms with van der Waals surface area (Å²) in [5.41, 5.74) is 1.20. The van der Waals surface area contributed by atoms with Crippen molar-refractivity contribution in [3.8, 4) is 0 Å². The summed E-state index contributed by atoms with van der Waals surface area (Å²) in [6, 6.07) is 3.80. The molecule has 0 aliphatic heterocycles. The topological polar surface area (TPSA) is 70.9 Å². The number of aromatic amines is 1. The monoisotopic (exact) mass is 231 g/mol. The van der Waals surface area contributed by atoms with Crippen LogP contribution in [-0.2, 0) is 6.54 Å². The fourth-order valence-corrected chi connectivity index (χ4v) is 1.20. The third-order valence-electron chi connectivity index (χ3n) is 1.87. The molecule has 0 bridgehead atoms. The molecule has 2 heterocycles. The summed E-state index contributed by atoms with van der Waals surface area (Å²) in [7, 11) is 0. The van der Waals surface area contributed by atoms with Crippen LogP contribution in [0.1, 0.15) is 16.1 Å². The van der Waals surface area contributed by atoms with Crippen molar-refractivity contribution >= 4 is 57.4 Å². The van der Waals surface area contributed by atoms with Gasteiger partial charge in [-0.3, -0.25) is 4.68 Å². The van der Waals surface area contributed by atoms with Gasteiger partial charge in [0.05, 0.1) is 18.3 Å². The van der Waals surface area contributed by atoms with Gasteiger partial charge in [0.2, 0.25) is 0 Å². The Morgan fingerprint density at radius 1 is 1.60 bits per heavy atom. The summed E-state index contributed by atoms with van der Waals surface area (Å²) in [6.45, 7) is 0.556. The average Bonchev–Trinajstić information content (AvgIpc) is 2.75. The first-order valence-electron chi connectivity index (χ1n) is 4.14. The maximum atomic E-state index is 10.6. The number of nitrogens with one attached hydrogen (secondary N) is 1. The van der Waals surface area contributed by atoms with E-state index in [0.29, 0.717) is 6.54 Å². The van der Waals surface area contributed by atoms with Crippen LogP contribution in [0.4, 0.5) is 0 Å². The maximum absolute atomic E-state index is 10.6. The molecule has 2 N–H and O–H groups in total. The first kappa shape index (κ1) is 12.7. The van der Waals surface area contributed by atoms with Crippen LogP contribution < -0.4 is 0 Å². The molecule has 0 saturated heterocycles. The number of hydrogen-bond donors (Lipinski definition) is 2. The molecule has 6 heteroatoms. The van der Waals surface area contributed by atoms with E-state index in [1.54, 1.807) is 4.68 Å². The number of aromatic nitrogens is 3. The van der Waals surface area contributed by atoms with Crippen LogP contribution in [0.5, 0.6) is 0 Å². The molecule has 0 spiro atoms. The first-order valence-corrected chi connectivity index (χ1v) is 4.14. The summed E-state index contributed by atoms with van der Waals surface area (Å²) in [5, 5.41) is 12.6. The predicted molar refractivity (Wildman–Crippen MR) is 56.2 cm³/mol. The standard InChI is InChI=1S/C9H9N3O2.K.H/c13-9(14)7-4-11-12(5-7)6-8-2-1-3-10-8;;/h1-5,10H,6H2,(H,13,14);;. The Morgan fingerprint density at radius 3 is 2.93 bits per heavy atom. The third-order valence-corrected chi connectivity index (χ3v) is 1.87. The van der Waals surface area contributed by atoms with Gasteiger partial charge in [0.1, 0.15) is 0 Å². The minimum absolute atomic E-state index is 0. The fourth-order valence-electron chi connectivity index (χ4n) is 1.20. The molecule has 0 fully saturated rings. The average molecular weight is 231 g/mol. The number of carbonyl (C=O) groups is 1. The Morgan fingerprint density at radius 2 is 2.40 bits per heavy atom. The summed E-state index contributed by atoms with van der Waals surface area (Å²) >= 11 is 0. The van der Waals surface area contributed by atoms with Crippen LogP contribution in [0.3, 0.4) is 0 Å². The Hall–Kier alpha value is -0.404. The SMILES string of the molecule is O=C(O)c1cnn(Cc2ccc[nH]2)c1.[KH]. The number of nitrogens with zero attached hydrogens (tertiary/aromatic N) is 2. The van der Waals surface area contributed by atoms with Crippen molar-refractivity contribution in [3.05, 3.63) is 42.0 Å². The van der Waals surface area contributed by atoms with Gasteiger partial charge in [-0.15, -0.1) is 0 Å². The molecule has 0 aliphatic rings. The number of carboxylic acids is 1. The zero-order valence-corrected chi connectivity index (χ0v) is 7.34. The van der Waals surface area contributed by atoms with Crippen LogP contribution in [0.2, 0.25) is 0 Å². The van der Waals surface area contributed by atoms with Gasteiger partial charge in [0.25, 0.3) is 0 Å². The molecule has 0 unspecified atom stereocenters. The quantitative estimate of drug-likeness (QED) is 0.747. The van der Waals surface area contributed by atoms with E-state index in [-0.39, 0.29) is 56.9 Å². The summed E-state index contributed by atoms with van der Waals surface area (Å²) in [6.07, 6.45) is 4.66. The Bertz CT molecular complexity index is 436. The molecule has 0 amide bonds. The third kappa shape index (κ3) is 3.28. The van der Waals surface area contributed by atoms with Crippen LogP contribution in [-0.4, -0.2) is 77.2 Å². The Kier molecular flexibility index (Phi) is 4.74. The normalized spacial score (nSPS) is 9.60. The van der Waals surface area contributed by atoms with E-state index >= 15 is 0 Å². The number of hydrogen-bond acceptors (Lipinski definition) is 2. The van der Waals surface area contributed by atoms with Crippen LogP contribution >= 0.6 is 0 Å². The molecule has 0 aliphatic carbocycles. The summed E-state index contributed by atoms with van der Waals surface area (Å²) in [4.78, 5) is 13.6. The van der Waals surface area contributed by atoms with Gasteiger partial charge in [0.15, 0.2) is 0 Å². The van der Waals surface area contributed by atoms with Gasteiger partial charge in [0, 0.05) is 18.1 Å². The molecular formula is C9H10KN3O2. The van der Waals surface area contributed by atoms with E-state index in [1.807, 2.05) is 18.3 Å². The minimum atomic E-state index is -0.956. The second-order valence-electron chi connectivity index (χ2n) is 2.93. The van der Waals surface area contributed by atoms with E-state index in [9.17, 15) is 4.79 Å². The Labute approximate surface area is 129 Å². The number of H-pyrrole nitrogens is 1. The zero-order valence-electron chi connectivity index (χ0n) is 7.34. The van der Waals surface area contributed by atoms with Crippen LogP contribution in [0.25, 0.3) is 0 Å². The molecular weight excluding hydrogens is 221 g/mol. The first-order chi connectivity index (χ1) is 6.75. The van der Waals surface area contributed by atoms with E-state index in [0.717, 1.165) is 5.69 Å². The fraction of sp³-hybridized carbons (Fsp3) is 0.111. The molecule has 5 nitrogen and oxygen atoms in total. The molecule has 0 radical (unpaired) electrons. The zero-order chi connectivity index (χ0) is 9.97. The molecule has 74 valence electrons. The van der Waals surface area contributed by atoms with Crippen molar-refractivity contribution in [2.45, 2.75) is 6.54 Å². The molecule has 2 aromatic heterocycles. The molecule has 2 aromatic rings. The molecule has 0 saturated carbocycles. The van der Waals surface area contributed by atoms with E-state index in [2.05, 4.69) is 10.1 Å². The molecule has 2 rings (SSSR count). The van der Waals surface area contributed by atoms with Gasteiger partial charge in [-0.1, -0.05) is 0 Å². The predicted octanol–water partition coefficient (Wildman–Crippen LogP) is 0.309. The van der Waals surface area contributed by atoms with Crippen molar-refractivity contribution in [1.29, 1.82) is 0 Å². The van der Waals surface area contributed by atoms with E-state index in [4.69, 9.17) is 5.11 Å². The summed E-state index contributed by atoms with van der Waals surface area (Å²) < 4.78 is 1.58. The Balaban J connectivity index is 0.00000112. The molecule has 0 aromatic carbocycles. The number of carboxylic acid groups (broad SMARTS) is 1. The van der Waals surface area contributed by atoms with Gasteiger partial charge < -0.3 is 10.1 Å². The van der Waals surface area contributed by atoms with Crippen molar-refractivity contribution in [2.24, 2.45) is 0 Å².